The molecule has 1 aromatic carbocycles. The number of hydrogen-bond acceptors (Lipinski definition) is 7. The van der Waals surface area contributed by atoms with Gasteiger partial charge in [-0.2, -0.15) is 0 Å². The topological polar surface area (TPSA) is 73.3 Å². The number of fused-ring (bicyclic) bond motifs is 1. The van der Waals surface area contributed by atoms with Crippen LogP contribution in [0, 0.1) is 13.8 Å². The Kier molecular flexibility index (Phi) is 7.12. The fourth-order valence-electron chi connectivity index (χ4n) is 2.56. The number of carbonyl (C=O) groups is 1. The Morgan fingerprint density at radius 1 is 1.29 bits per heavy atom. The van der Waals surface area contributed by atoms with E-state index in [0.29, 0.717) is 29.7 Å². The van der Waals surface area contributed by atoms with Crippen molar-refractivity contribution in [2.24, 2.45) is 0 Å². The van der Waals surface area contributed by atoms with Gasteiger partial charge in [0.15, 0.2) is 5.75 Å². The van der Waals surface area contributed by atoms with Gasteiger partial charge in [0.2, 0.25) is 5.91 Å². The number of benzene rings is 1. The minimum absolute atomic E-state index is 0.166. The zero-order chi connectivity index (χ0) is 20.1. The Hall–Kier alpha value is -1.87. The molecule has 0 atom stereocenters. The summed E-state index contributed by atoms with van der Waals surface area (Å²) in [7, 11) is 1.59. The number of aromatic nitrogens is 2. The highest BCUT2D eigenvalue weighted by molar-refractivity contribution is 8.00. The summed E-state index contributed by atoms with van der Waals surface area (Å²) < 4.78 is 10.6. The average molecular weight is 438 g/mol. The van der Waals surface area contributed by atoms with Gasteiger partial charge in [0, 0.05) is 17.4 Å². The van der Waals surface area contributed by atoms with Crippen LogP contribution in [-0.2, 0) is 9.53 Å². The lowest BCUT2D eigenvalue weighted by Crippen LogP contribution is -2.16. The van der Waals surface area contributed by atoms with Crippen LogP contribution in [-0.4, -0.2) is 42.0 Å². The van der Waals surface area contributed by atoms with Crippen molar-refractivity contribution >= 4 is 56.5 Å². The minimum atomic E-state index is -0.166. The summed E-state index contributed by atoms with van der Waals surface area (Å²) in [4.78, 5) is 23.3. The normalized spacial score (nSPS) is 11.0. The highest BCUT2D eigenvalue weighted by Crippen LogP contribution is 2.35. The van der Waals surface area contributed by atoms with Crippen molar-refractivity contribution in [2.45, 2.75) is 18.9 Å². The van der Waals surface area contributed by atoms with Crippen LogP contribution in [0.1, 0.15) is 10.4 Å². The maximum Gasteiger partial charge on any atom is 0.234 e. The Morgan fingerprint density at radius 3 is 2.89 bits per heavy atom. The fraction of sp³-hybridized carbons (Fsp3) is 0.316. The molecular formula is C19H20ClN3O3S2. The molecule has 0 saturated carbocycles. The molecule has 0 fully saturated rings. The van der Waals surface area contributed by atoms with E-state index in [1.54, 1.807) is 36.6 Å². The molecule has 1 N–H and O–H groups in total. The number of carbonyl (C=O) groups excluding carboxylic acids is 1. The number of rotatable bonds is 8. The molecule has 2 heterocycles. The molecule has 0 aliphatic heterocycles. The third-order valence-corrected chi connectivity index (χ3v) is 6.45. The third-order valence-electron chi connectivity index (χ3n) is 4.05. The molecule has 0 radical (unpaired) electrons. The number of thioether (sulfide) groups is 1. The Morgan fingerprint density at radius 2 is 2.11 bits per heavy atom. The number of para-hydroxylation sites is 1. The lowest BCUT2D eigenvalue weighted by Gasteiger charge is -2.13. The lowest BCUT2D eigenvalue weighted by molar-refractivity contribution is -0.113. The van der Waals surface area contributed by atoms with Crippen LogP contribution in [0.5, 0.6) is 5.75 Å². The molecule has 3 aromatic rings. The van der Waals surface area contributed by atoms with Crippen molar-refractivity contribution in [1.82, 2.24) is 9.97 Å². The van der Waals surface area contributed by atoms with Gasteiger partial charge < -0.3 is 14.8 Å². The first-order valence-corrected chi connectivity index (χ1v) is 10.7. The van der Waals surface area contributed by atoms with E-state index in [9.17, 15) is 4.79 Å². The predicted molar refractivity (Wildman–Crippen MR) is 115 cm³/mol. The number of thiophene rings is 1. The van der Waals surface area contributed by atoms with E-state index in [0.717, 1.165) is 20.8 Å². The summed E-state index contributed by atoms with van der Waals surface area (Å²) in [5.74, 6) is 0.485. The quantitative estimate of drug-likeness (QED) is 0.312. The van der Waals surface area contributed by atoms with Crippen molar-refractivity contribution in [1.29, 1.82) is 0 Å². The first-order valence-electron chi connectivity index (χ1n) is 8.55. The van der Waals surface area contributed by atoms with Gasteiger partial charge in [-0.25, -0.2) is 9.97 Å². The van der Waals surface area contributed by atoms with Gasteiger partial charge in [0.25, 0.3) is 0 Å². The molecular weight excluding hydrogens is 418 g/mol. The molecule has 0 bridgehead atoms. The van der Waals surface area contributed by atoms with E-state index in [1.807, 2.05) is 0 Å². The molecule has 0 aliphatic carbocycles. The standard InChI is InChI=1S/C19H20ClN3O3S2/c1-11-12(2)28-19-16(11)18(21-10-22-19)27-9-15(24)23-14-6-4-5-13(20)17(14)26-8-7-25-3/h4-6,10H,7-9H2,1-3H3,(H,23,24). The number of aryl methyl sites for hydroxylation is 2. The van der Waals surface area contributed by atoms with Gasteiger partial charge in [-0.15, -0.1) is 11.3 Å². The van der Waals surface area contributed by atoms with Gasteiger partial charge in [0.1, 0.15) is 22.8 Å². The molecule has 0 unspecified atom stereocenters. The summed E-state index contributed by atoms with van der Waals surface area (Å²) in [6, 6.07) is 5.24. The second-order valence-electron chi connectivity index (χ2n) is 5.94. The van der Waals surface area contributed by atoms with Gasteiger partial charge >= 0.3 is 0 Å². The number of amides is 1. The van der Waals surface area contributed by atoms with E-state index in [4.69, 9.17) is 21.1 Å². The lowest BCUT2D eigenvalue weighted by atomic mass is 10.2. The van der Waals surface area contributed by atoms with E-state index in [-0.39, 0.29) is 11.7 Å². The number of halogens is 1. The molecule has 9 heteroatoms. The number of anilines is 1. The summed E-state index contributed by atoms with van der Waals surface area (Å²) >= 11 is 9.23. The zero-order valence-electron chi connectivity index (χ0n) is 15.7. The van der Waals surface area contributed by atoms with Crippen molar-refractivity contribution in [2.75, 3.05) is 31.4 Å². The second kappa shape index (κ2) is 9.56. The van der Waals surface area contributed by atoms with Crippen LogP contribution in [0.2, 0.25) is 5.02 Å². The molecule has 28 heavy (non-hydrogen) atoms. The maximum atomic E-state index is 12.5. The number of nitrogens with zero attached hydrogens (tertiary/aromatic N) is 2. The molecule has 0 spiro atoms. The second-order valence-corrected chi connectivity index (χ2v) is 8.51. The van der Waals surface area contributed by atoms with Crippen LogP contribution < -0.4 is 10.1 Å². The van der Waals surface area contributed by atoms with E-state index < -0.39 is 0 Å². The Labute approximate surface area is 176 Å². The molecule has 1 amide bonds. The van der Waals surface area contributed by atoms with E-state index >= 15 is 0 Å². The van der Waals surface area contributed by atoms with E-state index in [2.05, 4.69) is 29.1 Å². The number of methoxy groups -OCH3 is 1. The monoisotopic (exact) mass is 437 g/mol. The zero-order valence-corrected chi connectivity index (χ0v) is 18.1. The molecule has 148 valence electrons. The van der Waals surface area contributed by atoms with Crippen molar-refractivity contribution < 1.29 is 14.3 Å². The van der Waals surface area contributed by atoms with Gasteiger partial charge in [-0.1, -0.05) is 29.4 Å². The molecule has 6 nitrogen and oxygen atoms in total. The van der Waals surface area contributed by atoms with Crippen LogP contribution in [0.15, 0.2) is 29.6 Å². The van der Waals surface area contributed by atoms with Crippen molar-refractivity contribution in [3.63, 3.8) is 0 Å². The molecule has 0 aliphatic rings. The van der Waals surface area contributed by atoms with Crippen LogP contribution >= 0.6 is 34.7 Å². The number of hydrogen-bond donors (Lipinski definition) is 1. The van der Waals surface area contributed by atoms with Crippen LogP contribution in [0.4, 0.5) is 5.69 Å². The highest BCUT2D eigenvalue weighted by Gasteiger charge is 2.15. The summed E-state index contributed by atoms with van der Waals surface area (Å²) in [5, 5.41) is 5.13. The largest absolute Gasteiger partial charge is 0.487 e. The fourth-order valence-corrected chi connectivity index (χ4v) is 4.71. The minimum Gasteiger partial charge on any atom is -0.487 e. The van der Waals surface area contributed by atoms with E-state index in [1.165, 1.54) is 23.0 Å². The van der Waals surface area contributed by atoms with Gasteiger partial charge in [-0.05, 0) is 31.5 Å². The summed E-state index contributed by atoms with van der Waals surface area (Å²) in [5.41, 5.74) is 1.69. The number of nitrogens with one attached hydrogen (secondary N) is 1. The van der Waals surface area contributed by atoms with Crippen LogP contribution in [0.25, 0.3) is 10.2 Å². The maximum absolute atomic E-state index is 12.5. The molecule has 0 saturated heterocycles. The SMILES string of the molecule is COCCOc1c(Cl)cccc1NC(=O)CSc1ncnc2sc(C)c(C)c12. The van der Waals surface area contributed by atoms with Crippen LogP contribution in [0.3, 0.4) is 0 Å². The molecule has 3 rings (SSSR count). The van der Waals surface area contributed by atoms with Gasteiger partial charge in [-0.3, -0.25) is 4.79 Å². The predicted octanol–water partition coefficient (Wildman–Crippen LogP) is 4.72. The molecule has 2 aromatic heterocycles. The Bertz CT molecular complexity index is 994. The smallest absolute Gasteiger partial charge is 0.234 e. The van der Waals surface area contributed by atoms with Gasteiger partial charge in [0.05, 0.1) is 23.1 Å². The third kappa shape index (κ3) is 4.75. The summed E-state index contributed by atoms with van der Waals surface area (Å²) in [6.07, 6.45) is 1.54. The summed E-state index contributed by atoms with van der Waals surface area (Å²) in [6.45, 7) is 4.88. The Balaban J connectivity index is 1.70. The first kappa shape index (κ1) is 20.9. The van der Waals surface area contributed by atoms with Crippen molar-refractivity contribution in [3.05, 3.63) is 40.0 Å². The highest BCUT2D eigenvalue weighted by atomic mass is 35.5. The average Bonchev–Trinajstić information content (AvgIpc) is 2.97. The number of ether oxygens (including phenoxy) is 2. The first-order chi connectivity index (χ1) is 13.5. The van der Waals surface area contributed by atoms with Crippen molar-refractivity contribution in [3.8, 4) is 5.75 Å².